The number of anilines is 2. The molecule has 2 N–H and O–H groups in total. The summed E-state index contributed by atoms with van der Waals surface area (Å²) in [5.41, 5.74) is 3.04. The van der Waals surface area contributed by atoms with E-state index in [-0.39, 0.29) is 6.03 Å². The van der Waals surface area contributed by atoms with E-state index in [1.807, 2.05) is 43.3 Å². The van der Waals surface area contributed by atoms with Crippen LogP contribution in [0.15, 0.2) is 48.5 Å². The van der Waals surface area contributed by atoms with Gasteiger partial charge in [-0.3, -0.25) is 0 Å². The first-order chi connectivity index (χ1) is 13.7. The van der Waals surface area contributed by atoms with Crippen molar-refractivity contribution in [3.63, 3.8) is 0 Å². The van der Waals surface area contributed by atoms with Crippen LogP contribution in [0.5, 0.6) is 5.75 Å². The Hall–Kier alpha value is -2.73. The van der Waals surface area contributed by atoms with E-state index in [9.17, 15) is 4.79 Å². The molecule has 1 aliphatic rings. The third-order valence-corrected chi connectivity index (χ3v) is 4.94. The molecule has 0 spiro atoms. The van der Waals surface area contributed by atoms with Gasteiger partial charge in [0, 0.05) is 43.7 Å². The number of carbonyl (C=O) groups is 1. The Balaban J connectivity index is 1.42. The van der Waals surface area contributed by atoms with Crippen molar-refractivity contribution in [2.75, 3.05) is 43.6 Å². The quantitative estimate of drug-likeness (QED) is 0.726. The minimum absolute atomic E-state index is 0.169. The number of hydrogen-bond donors (Lipinski definition) is 2. The van der Waals surface area contributed by atoms with E-state index in [0.717, 1.165) is 36.5 Å². The first-order valence-electron chi connectivity index (χ1n) is 9.78. The van der Waals surface area contributed by atoms with Gasteiger partial charge in [-0.25, -0.2) is 4.79 Å². The van der Waals surface area contributed by atoms with Crippen LogP contribution in [-0.2, 0) is 11.3 Å². The second-order valence-corrected chi connectivity index (χ2v) is 6.97. The number of hydrogen-bond acceptors (Lipinski definition) is 4. The van der Waals surface area contributed by atoms with Crippen LogP contribution in [0.1, 0.15) is 18.9 Å². The molecular formula is C22H29N3O3. The van der Waals surface area contributed by atoms with Crippen molar-refractivity contribution in [1.82, 2.24) is 5.32 Å². The second kappa shape index (κ2) is 9.99. The third kappa shape index (κ3) is 5.63. The van der Waals surface area contributed by atoms with E-state index >= 15 is 0 Å². The van der Waals surface area contributed by atoms with Crippen molar-refractivity contribution in [2.24, 2.45) is 5.92 Å². The predicted octanol–water partition coefficient (Wildman–Crippen LogP) is 3.88. The summed E-state index contributed by atoms with van der Waals surface area (Å²) < 4.78 is 10.7. The summed E-state index contributed by atoms with van der Waals surface area (Å²) in [6.45, 7) is 5.84. The predicted molar refractivity (Wildman–Crippen MR) is 112 cm³/mol. The molecule has 3 rings (SSSR count). The van der Waals surface area contributed by atoms with Crippen LogP contribution in [0, 0.1) is 5.92 Å². The smallest absolute Gasteiger partial charge is 0.319 e. The topological polar surface area (TPSA) is 62.8 Å². The Morgan fingerprint density at radius 1 is 1.21 bits per heavy atom. The molecule has 1 fully saturated rings. The van der Waals surface area contributed by atoms with Crippen LogP contribution in [0.2, 0.25) is 0 Å². The normalized spacial score (nSPS) is 16.1. The molecule has 0 aromatic heterocycles. The fourth-order valence-electron chi connectivity index (χ4n) is 3.36. The summed E-state index contributed by atoms with van der Waals surface area (Å²) in [4.78, 5) is 14.5. The van der Waals surface area contributed by atoms with E-state index in [1.54, 1.807) is 7.11 Å². The van der Waals surface area contributed by atoms with Crippen molar-refractivity contribution in [1.29, 1.82) is 0 Å². The van der Waals surface area contributed by atoms with Crippen LogP contribution in [-0.4, -0.2) is 39.4 Å². The van der Waals surface area contributed by atoms with Gasteiger partial charge in [0.05, 0.1) is 13.7 Å². The highest BCUT2D eigenvalue weighted by atomic mass is 16.5. The largest absolute Gasteiger partial charge is 0.497 e. The zero-order chi connectivity index (χ0) is 19.8. The van der Waals surface area contributed by atoms with E-state index in [1.165, 1.54) is 5.69 Å². The molecule has 1 aliphatic heterocycles. The average molecular weight is 383 g/mol. The van der Waals surface area contributed by atoms with Gasteiger partial charge in [0.2, 0.25) is 0 Å². The molecule has 0 radical (unpaired) electrons. The molecular weight excluding hydrogens is 354 g/mol. The highest BCUT2D eigenvalue weighted by Crippen LogP contribution is 2.26. The Morgan fingerprint density at radius 3 is 2.79 bits per heavy atom. The van der Waals surface area contributed by atoms with E-state index in [2.05, 4.69) is 27.7 Å². The van der Waals surface area contributed by atoms with Crippen molar-refractivity contribution >= 4 is 17.4 Å². The minimum Gasteiger partial charge on any atom is -0.497 e. The molecule has 1 heterocycles. The molecule has 2 amide bonds. The fraction of sp³-hybridized carbons (Fsp3) is 0.409. The lowest BCUT2D eigenvalue weighted by atomic mass is 10.1. The molecule has 0 bridgehead atoms. The highest BCUT2D eigenvalue weighted by Gasteiger charge is 2.23. The lowest BCUT2D eigenvalue weighted by Gasteiger charge is -2.19. The van der Waals surface area contributed by atoms with Gasteiger partial charge >= 0.3 is 6.03 Å². The summed E-state index contributed by atoms with van der Waals surface area (Å²) in [6, 6.07) is 15.7. The number of rotatable bonds is 8. The molecule has 6 heteroatoms. The van der Waals surface area contributed by atoms with E-state index < -0.39 is 0 Å². The maximum Gasteiger partial charge on any atom is 0.319 e. The first-order valence-corrected chi connectivity index (χ1v) is 9.78. The van der Waals surface area contributed by atoms with Crippen LogP contribution in [0.4, 0.5) is 16.2 Å². The third-order valence-electron chi connectivity index (χ3n) is 4.94. The number of nitrogens with zero attached hydrogens (tertiary/aromatic N) is 1. The molecule has 6 nitrogen and oxygen atoms in total. The molecule has 0 aliphatic carbocycles. The lowest BCUT2D eigenvalue weighted by Crippen LogP contribution is -2.34. The molecule has 1 unspecified atom stereocenters. The Bertz CT molecular complexity index is 764. The highest BCUT2D eigenvalue weighted by molar-refractivity contribution is 5.89. The van der Waals surface area contributed by atoms with Crippen LogP contribution >= 0.6 is 0 Å². The molecule has 28 heavy (non-hydrogen) atoms. The molecule has 0 saturated carbocycles. The number of benzene rings is 2. The van der Waals surface area contributed by atoms with E-state index in [4.69, 9.17) is 9.47 Å². The summed E-state index contributed by atoms with van der Waals surface area (Å²) in [7, 11) is 1.68. The molecule has 1 atom stereocenters. The number of urea groups is 1. The zero-order valence-corrected chi connectivity index (χ0v) is 16.6. The van der Waals surface area contributed by atoms with Crippen molar-refractivity contribution < 1.29 is 14.3 Å². The number of carbonyl (C=O) groups excluding carboxylic acids is 1. The SMILES string of the molecule is CCOCc1ccc(NC(=O)NCC2CCN(c3cccc(OC)c3)C2)cc1. The average Bonchev–Trinajstić information content (AvgIpc) is 3.21. The second-order valence-electron chi connectivity index (χ2n) is 6.97. The molecule has 2 aromatic rings. The number of nitrogens with one attached hydrogen (secondary N) is 2. The van der Waals surface area contributed by atoms with Crippen LogP contribution < -0.4 is 20.3 Å². The maximum absolute atomic E-state index is 12.2. The van der Waals surface area contributed by atoms with Gasteiger partial charge in [0.25, 0.3) is 0 Å². The Kier molecular flexibility index (Phi) is 7.14. The molecule has 150 valence electrons. The Labute approximate surface area is 166 Å². The molecule has 2 aromatic carbocycles. The van der Waals surface area contributed by atoms with Gasteiger partial charge in [-0.15, -0.1) is 0 Å². The fourth-order valence-corrected chi connectivity index (χ4v) is 3.36. The van der Waals surface area contributed by atoms with E-state index in [0.29, 0.717) is 25.7 Å². The maximum atomic E-state index is 12.2. The van der Waals surface area contributed by atoms with Gasteiger partial charge in [0.15, 0.2) is 0 Å². The first kappa shape index (κ1) is 20.0. The van der Waals surface area contributed by atoms with Gasteiger partial charge < -0.3 is 25.0 Å². The van der Waals surface area contributed by atoms with Gasteiger partial charge in [0.1, 0.15) is 5.75 Å². The minimum atomic E-state index is -0.169. The summed E-state index contributed by atoms with van der Waals surface area (Å²) in [5.74, 6) is 1.30. The molecule has 1 saturated heterocycles. The van der Waals surface area contributed by atoms with Crippen LogP contribution in [0.3, 0.4) is 0 Å². The van der Waals surface area contributed by atoms with Gasteiger partial charge in [-0.2, -0.15) is 0 Å². The van der Waals surface area contributed by atoms with Crippen LogP contribution in [0.25, 0.3) is 0 Å². The van der Waals surface area contributed by atoms with Gasteiger partial charge in [-0.05, 0) is 49.1 Å². The van der Waals surface area contributed by atoms with Crippen molar-refractivity contribution in [3.8, 4) is 5.75 Å². The standard InChI is InChI=1S/C22H29N3O3/c1-3-28-16-17-7-9-19(10-8-17)24-22(26)23-14-18-11-12-25(15-18)20-5-4-6-21(13-20)27-2/h4-10,13,18H,3,11-12,14-16H2,1-2H3,(H2,23,24,26). The number of amides is 2. The summed E-state index contributed by atoms with van der Waals surface area (Å²) >= 11 is 0. The number of ether oxygens (including phenoxy) is 2. The van der Waals surface area contributed by atoms with Gasteiger partial charge in [-0.1, -0.05) is 18.2 Å². The summed E-state index contributed by atoms with van der Waals surface area (Å²) in [5, 5.41) is 5.88. The van der Waals surface area contributed by atoms with Crippen molar-refractivity contribution in [2.45, 2.75) is 20.0 Å². The monoisotopic (exact) mass is 383 g/mol. The summed E-state index contributed by atoms with van der Waals surface area (Å²) in [6.07, 6.45) is 1.06. The Morgan fingerprint density at radius 2 is 2.04 bits per heavy atom. The zero-order valence-electron chi connectivity index (χ0n) is 16.6. The lowest BCUT2D eigenvalue weighted by molar-refractivity contribution is 0.134. The van der Waals surface area contributed by atoms with Crippen molar-refractivity contribution in [3.05, 3.63) is 54.1 Å². The number of methoxy groups -OCH3 is 1.